The van der Waals surface area contributed by atoms with Gasteiger partial charge in [-0.3, -0.25) is 4.79 Å². The predicted octanol–water partition coefficient (Wildman–Crippen LogP) is 2.31. The second kappa shape index (κ2) is 3.25. The first-order valence-corrected chi connectivity index (χ1v) is 5.08. The molecule has 1 aliphatic rings. The Labute approximate surface area is 85.0 Å². The second-order valence-electron chi connectivity index (χ2n) is 5.30. The average Bonchev–Trinajstić information content (AvgIpc) is 1.79. The molecule has 0 amide bonds. The van der Waals surface area contributed by atoms with Crippen molar-refractivity contribution in [3.63, 3.8) is 0 Å². The number of hydrogen-bond donors (Lipinski definition) is 1. The van der Waals surface area contributed by atoms with Crippen LogP contribution in [0.2, 0.25) is 0 Å². The molecular weight excluding hydrogens is 186 g/mol. The Morgan fingerprint density at radius 1 is 1.23 bits per heavy atom. The first-order valence-electron chi connectivity index (χ1n) is 4.71. The van der Waals surface area contributed by atoms with Crippen LogP contribution in [-0.4, -0.2) is 16.3 Å². The third-order valence-corrected chi connectivity index (χ3v) is 2.82. The molecule has 1 heterocycles. The van der Waals surface area contributed by atoms with Crippen LogP contribution in [0.15, 0.2) is 0 Å². The van der Waals surface area contributed by atoms with Gasteiger partial charge in [-0.2, -0.15) is 0 Å². The Morgan fingerprint density at radius 2 is 1.62 bits per heavy atom. The lowest BCUT2D eigenvalue weighted by Gasteiger charge is -2.45. The highest BCUT2D eigenvalue weighted by Crippen LogP contribution is 2.33. The minimum absolute atomic E-state index is 0.00733. The van der Waals surface area contributed by atoms with E-state index in [1.165, 1.54) is 0 Å². The van der Waals surface area contributed by atoms with Crippen LogP contribution in [0.5, 0.6) is 0 Å². The molecule has 0 bridgehead atoms. The van der Waals surface area contributed by atoms with E-state index in [0.717, 1.165) is 12.8 Å². The molecule has 3 heteroatoms. The molecule has 0 aromatic heterocycles. The van der Waals surface area contributed by atoms with Crippen LogP contribution < -0.4 is 5.32 Å². The van der Waals surface area contributed by atoms with Gasteiger partial charge in [0, 0.05) is 17.0 Å². The van der Waals surface area contributed by atoms with Crippen LogP contribution in [0.3, 0.4) is 0 Å². The largest absolute Gasteiger partial charge is 0.307 e. The molecule has 0 spiro atoms. The fourth-order valence-corrected chi connectivity index (χ4v) is 2.64. The number of halogens is 1. The molecule has 0 atom stereocenters. The van der Waals surface area contributed by atoms with E-state index in [9.17, 15) is 4.79 Å². The minimum Gasteiger partial charge on any atom is -0.307 e. The van der Waals surface area contributed by atoms with Crippen molar-refractivity contribution < 1.29 is 4.79 Å². The molecule has 0 aromatic carbocycles. The van der Waals surface area contributed by atoms with Gasteiger partial charge in [0.15, 0.2) is 0 Å². The summed E-state index contributed by atoms with van der Waals surface area (Å²) in [7, 11) is 0. The zero-order valence-corrected chi connectivity index (χ0v) is 9.53. The molecule has 1 saturated heterocycles. The Bertz CT molecular complexity index is 207. The maximum atomic E-state index is 11.1. The van der Waals surface area contributed by atoms with E-state index in [0.29, 0.717) is 0 Å². The van der Waals surface area contributed by atoms with Crippen molar-refractivity contribution in [2.75, 3.05) is 0 Å². The van der Waals surface area contributed by atoms with Crippen molar-refractivity contribution in [1.29, 1.82) is 0 Å². The van der Waals surface area contributed by atoms with Crippen LogP contribution in [0.4, 0.5) is 0 Å². The van der Waals surface area contributed by atoms with Gasteiger partial charge in [-0.1, -0.05) is 0 Å². The number of nitrogens with one attached hydrogen (secondary N) is 1. The Morgan fingerprint density at radius 3 is 1.92 bits per heavy atom. The van der Waals surface area contributed by atoms with Gasteiger partial charge in [0.05, 0.1) is 0 Å². The zero-order chi connectivity index (χ0) is 10.3. The summed E-state index contributed by atoms with van der Waals surface area (Å²) in [5.41, 5.74) is 0.0218. The van der Waals surface area contributed by atoms with Gasteiger partial charge in [0.2, 0.25) is 5.24 Å². The van der Waals surface area contributed by atoms with Gasteiger partial charge in [0.1, 0.15) is 0 Å². The molecule has 2 nitrogen and oxygen atoms in total. The topological polar surface area (TPSA) is 29.1 Å². The van der Waals surface area contributed by atoms with Crippen LogP contribution >= 0.6 is 11.6 Å². The fourth-order valence-electron chi connectivity index (χ4n) is 2.48. The van der Waals surface area contributed by atoms with E-state index in [4.69, 9.17) is 11.6 Å². The summed E-state index contributed by atoms with van der Waals surface area (Å²) in [5, 5.41) is 3.31. The normalized spacial score (nSPS) is 27.2. The minimum atomic E-state index is -0.192. The van der Waals surface area contributed by atoms with Crippen molar-refractivity contribution >= 4 is 16.8 Å². The molecule has 1 fully saturated rings. The standard InChI is InChI=1S/C10H18ClNO/c1-9(2)5-7(8(11)13)6-10(3,4)12-9/h7,12H,5-6H2,1-4H3. The van der Waals surface area contributed by atoms with E-state index < -0.39 is 0 Å². The molecule has 1 aliphatic heterocycles. The van der Waals surface area contributed by atoms with E-state index in [2.05, 4.69) is 33.0 Å². The Hall–Kier alpha value is -0.0800. The lowest BCUT2D eigenvalue weighted by atomic mass is 9.76. The van der Waals surface area contributed by atoms with Gasteiger partial charge >= 0.3 is 0 Å². The average molecular weight is 204 g/mol. The fraction of sp³-hybridized carbons (Fsp3) is 0.900. The quantitative estimate of drug-likeness (QED) is 0.663. The highest BCUT2D eigenvalue weighted by Gasteiger charge is 2.39. The lowest BCUT2D eigenvalue weighted by Crippen LogP contribution is -2.58. The van der Waals surface area contributed by atoms with E-state index in [1.54, 1.807) is 0 Å². The number of hydrogen-bond acceptors (Lipinski definition) is 2. The molecule has 1 rings (SSSR count). The van der Waals surface area contributed by atoms with Crippen molar-refractivity contribution in [3.8, 4) is 0 Å². The monoisotopic (exact) mass is 203 g/mol. The number of carbonyl (C=O) groups excluding carboxylic acids is 1. The number of rotatable bonds is 1. The van der Waals surface area contributed by atoms with Crippen molar-refractivity contribution in [3.05, 3.63) is 0 Å². The smallest absolute Gasteiger partial charge is 0.224 e. The summed E-state index contributed by atoms with van der Waals surface area (Å²) >= 11 is 5.54. The first kappa shape index (κ1) is 11.0. The van der Waals surface area contributed by atoms with Gasteiger partial charge in [-0.15, -0.1) is 0 Å². The Kier molecular flexibility index (Phi) is 2.75. The van der Waals surface area contributed by atoms with Crippen LogP contribution in [-0.2, 0) is 4.79 Å². The van der Waals surface area contributed by atoms with Crippen LogP contribution in [0, 0.1) is 5.92 Å². The van der Waals surface area contributed by atoms with Crippen molar-refractivity contribution in [2.24, 2.45) is 5.92 Å². The van der Waals surface area contributed by atoms with Crippen molar-refractivity contribution in [2.45, 2.75) is 51.6 Å². The molecule has 0 aliphatic carbocycles. The van der Waals surface area contributed by atoms with Gasteiger partial charge in [0.25, 0.3) is 0 Å². The summed E-state index contributed by atoms with van der Waals surface area (Å²) in [6.45, 7) is 8.45. The molecular formula is C10H18ClNO. The lowest BCUT2D eigenvalue weighted by molar-refractivity contribution is -0.117. The highest BCUT2D eigenvalue weighted by molar-refractivity contribution is 6.64. The summed E-state index contributed by atoms with van der Waals surface area (Å²) in [6, 6.07) is 0. The summed E-state index contributed by atoms with van der Waals surface area (Å²) in [5.74, 6) is 0.00733. The first-order chi connectivity index (χ1) is 5.72. The van der Waals surface area contributed by atoms with Crippen LogP contribution in [0.1, 0.15) is 40.5 Å². The zero-order valence-electron chi connectivity index (χ0n) is 8.78. The second-order valence-corrected chi connectivity index (χ2v) is 5.67. The molecule has 0 unspecified atom stereocenters. The van der Waals surface area contributed by atoms with Gasteiger partial charge < -0.3 is 5.32 Å². The third kappa shape index (κ3) is 2.96. The van der Waals surface area contributed by atoms with E-state index >= 15 is 0 Å². The van der Waals surface area contributed by atoms with E-state index in [1.807, 2.05) is 0 Å². The van der Waals surface area contributed by atoms with Crippen LogP contribution in [0.25, 0.3) is 0 Å². The summed E-state index contributed by atoms with van der Waals surface area (Å²) in [4.78, 5) is 11.1. The predicted molar refractivity (Wildman–Crippen MR) is 54.9 cm³/mol. The third-order valence-electron chi connectivity index (χ3n) is 2.51. The van der Waals surface area contributed by atoms with Crippen molar-refractivity contribution in [1.82, 2.24) is 5.32 Å². The summed E-state index contributed by atoms with van der Waals surface area (Å²) < 4.78 is 0. The van der Waals surface area contributed by atoms with Gasteiger partial charge in [-0.25, -0.2) is 0 Å². The van der Waals surface area contributed by atoms with E-state index in [-0.39, 0.29) is 22.2 Å². The molecule has 1 N–H and O–H groups in total. The molecule has 76 valence electrons. The SMILES string of the molecule is CC1(C)CC(C(=O)Cl)CC(C)(C)N1. The molecule has 0 radical (unpaired) electrons. The maximum absolute atomic E-state index is 11.1. The molecule has 0 aromatic rings. The summed E-state index contributed by atoms with van der Waals surface area (Å²) in [6.07, 6.45) is 1.66. The number of piperidine rings is 1. The molecule has 13 heavy (non-hydrogen) atoms. The highest BCUT2D eigenvalue weighted by atomic mass is 35.5. The molecule has 0 saturated carbocycles. The maximum Gasteiger partial charge on any atom is 0.224 e. The number of carbonyl (C=O) groups is 1. The van der Waals surface area contributed by atoms with Gasteiger partial charge in [-0.05, 0) is 52.1 Å². The Balaban J connectivity index is 2.78.